The number of carbonyl (C=O) groups is 1. The fraction of sp³-hybridized carbons (Fsp3) is 0.0526. The molecule has 2 aromatic carbocycles. The maximum absolute atomic E-state index is 12.4. The predicted octanol–water partition coefficient (Wildman–Crippen LogP) is 4.20. The van der Waals surface area contributed by atoms with E-state index < -0.39 is 5.91 Å². The highest BCUT2D eigenvalue weighted by Gasteiger charge is 2.35. The topological polar surface area (TPSA) is 68.9 Å². The van der Waals surface area contributed by atoms with Crippen LogP contribution in [0, 0.1) is 5.41 Å². The van der Waals surface area contributed by atoms with Gasteiger partial charge in [0.25, 0.3) is 5.91 Å². The number of thioether (sulfide) groups is 1. The lowest BCUT2D eigenvalue weighted by molar-refractivity contribution is -0.114. The molecule has 0 saturated heterocycles. The average Bonchev–Trinajstić information content (AvgIpc) is 3.03. The van der Waals surface area contributed by atoms with E-state index in [2.05, 4.69) is 10.1 Å². The summed E-state index contributed by atoms with van der Waals surface area (Å²) in [5.41, 5.74) is 2.11. The Morgan fingerprint density at radius 3 is 2.58 bits per heavy atom. The summed E-state index contributed by atoms with van der Waals surface area (Å²) in [4.78, 5) is 16.5. The minimum absolute atomic E-state index is 0.0329. The number of amidine groups is 2. The van der Waals surface area contributed by atoms with Gasteiger partial charge >= 0.3 is 0 Å². The van der Waals surface area contributed by atoms with Crippen LogP contribution < -0.4 is 0 Å². The van der Waals surface area contributed by atoms with Gasteiger partial charge in [-0.3, -0.25) is 10.2 Å². The number of hydrazone groups is 1. The molecule has 0 saturated carbocycles. The lowest BCUT2D eigenvalue weighted by Crippen LogP contribution is -2.35. The maximum atomic E-state index is 12.4. The average molecular weight is 381 g/mol. The Labute approximate surface area is 159 Å². The van der Waals surface area contributed by atoms with E-state index >= 15 is 0 Å². The Morgan fingerprint density at radius 1 is 1.12 bits per heavy atom. The van der Waals surface area contributed by atoms with Crippen molar-refractivity contribution in [1.82, 2.24) is 5.01 Å². The Hall–Kier alpha value is -2.70. The molecule has 0 atom stereocenters. The van der Waals surface area contributed by atoms with E-state index in [0.717, 1.165) is 16.2 Å². The maximum Gasteiger partial charge on any atom is 0.283 e. The van der Waals surface area contributed by atoms with Crippen LogP contribution in [0.5, 0.6) is 0 Å². The van der Waals surface area contributed by atoms with Gasteiger partial charge in [0, 0.05) is 11.4 Å². The van der Waals surface area contributed by atoms with Crippen molar-refractivity contribution in [2.75, 3.05) is 0 Å². The third-order valence-corrected chi connectivity index (χ3v) is 5.04. The summed E-state index contributed by atoms with van der Waals surface area (Å²) in [7, 11) is 0. The number of fused-ring (bicyclic) bond motifs is 1. The molecule has 0 radical (unpaired) electrons. The van der Waals surface area contributed by atoms with Gasteiger partial charge in [-0.15, -0.1) is 0 Å². The van der Waals surface area contributed by atoms with Crippen molar-refractivity contribution in [2.45, 2.75) is 6.42 Å². The molecule has 7 heteroatoms. The summed E-state index contributed by atoms with van der Waals surface area (Å²) in [6.45, 7) is 0. The van der Waals surface area contributed by atoms with Gasteiger partial charge in [-0.05, 0) is 41.1 Å². The van der Waals surface area contributed by atoms with Crippen LogP contribution in [0.4, 0.5) is 0 Å². The van der Waals surface area contributed by atoms with Crippen LogP contribution in [0.3, 0.4) is 0 Å². The first-order valence-electron chi connectivity index (χ1n) is 7.89. The molecular weight excluding hydrogens is 368 g/mol. The van der Waals surface area contributed by atoms with Crippen molar-refractivity contribution in [1.29, 1.82) is 5.41 Å². The van der Waals surface area contributed by atoms with Crippen molar-refractivity contribution in [3.8, 4) is 0 Å². The van der Waals surface area contributed by atoms with Crippen LogP contribution in [-0.2, 0) is 11.2 Å². The number of halogens is 1. The molecule has 4 rings (SSSR count). The monoisotopic (exact) mass is 380 g/mol. The Morgan fingerprint density at radius 2 is 1.85 bits per heavy atom. The highest BCUT2D eigenvalue weighted by molar-refractivity contribution is 8.26. The molecule has 2 aliphatic heterocycles. The summed E-state index contributed by atoms with van der Waals surface area (Å²) in [5, 5.41) is 16.1. The van der Waals surface area contributed by atoms with E-state index in [1.165, 1.54) is 16.8 Å². The first-order valence-corrected chi connectivity index (χ1v) is 9.08. The van der Waals surface area contributed by atoms with Gasteiger partial charge in [-0.2, -0.15) is 15.1 Å². The fourth-order valence-electron chi connectivity index (χ4n) is 2.60. The van der Waals surface area contributed by atoms with E-state index in [0.29, 0.717) is 16.6 Å². The standard InChI is InChI=1S/C19H13ClN4OS/c20-14-8-6-13(7-9-14)10-15-17(21)24-19(22-18(15)25)26-16(23-24)11-12-4-2-1-3-5-12/h1-10,21H,11H2/b15-10-,21-17?. The molecule has 1 N–H and O–H groups in total. The number of hydrogen-bond acceptors (Lipinski definition) is 4. The van der Waals surface area contributed by atoms with E-state index in [1.807, 2.05) is 30.3 Å². The third-order valence-electron chi connectivity index (χ3n) is 3.88. The van der Waals surface area contributed by atoms with Gasteiger partial charge in [0.15, 0.2) is 5.84 Å². The Kier molecular flexibility index (Phi) is 4.44. The molecular formula is C19H13ClN4OS. The van der Waals surface area contributed by atoms with Gasteiger partial charge in [0.05, 0.1) is 5.57 Å². The van der Waals surface area contributed by atoms with Gasteiger partial charge in [-0.25, -0.2) is 0 Å². The molecule has 26 heavy (non-hydrogen) atoms. The van der Waals surface area contributed by atoms with E-state index in [9.17, 15) is 4.79 Å². The van der Waals surface area contributed by atoms with Gasteiger partial charge < -0.3 is 0 Å². The quantitative estimate of drug-likeness (QED) is 0.811. The predicted molar refractivity (Wildman–Crippen MR) is 107 cm³/mol. The number of hydrogen-bond donors (Lipinski definition) is 1. The number of nitrogens with one attached hydrogen (secondary N) is 1. The zero-order valence-electron chi connectivity index (χ0n) is 13.5. The minimum Gasteiger partial charge on any atom is -0.282 e. The fourth-order valence-corrected chi connectivity index (χ4v) is 3.64. The zero-order chi connectivity index (χ0) is 18.1. The Balaban J connectivity index is 1.61. The normalized spacial score (nSPS) is 18.0. The molecule has 5 nitrogen and oxygen atoms in total. The smallest absolute Gasteiger partial charge is 0.282 e. The second-order valence-electron chi connectivity index (χ2n) is 5.73. The summed E-state index contributed by atoms with van der Waals surface area (Å²) in [6.07, 6.45) is 2.27. The van der Waals surface area contributed by atoms with Crippen LogP contribution in [0.15, 0.2) is 70.3 Å². The molecule has 2 aliphatic rings. The molecule has 128 valence electrons. The SMILES string of the molecule is N=C1/C(=C/c2ccc(Cl)cc2)C(=O)N=C2SC(Cc3ccccc3)=NN12. The molecule has 0 fully saturated rings. The highest BCUT2D eigenvalue weighted by Crippen LogP contribution is 2.29. The molecule has 1 amide bonds. The molecule has 0 spiro atoms. The number of carbonyl (C=O) groups excluding carboxylic acids is 1. The summed E-state index contributed by atoms with van der Waals surface area (Å²) < 4.78 is 0. The third kappa shape index (κ3) is 3.34. The number of benzene rings is 2. The number of aliphatic imine (C=N–C) groups is 1. The van der Waals surface area contributed by atoms with Gasteiger partial charge in [-0.1, -0.05) is 54.1 Å². The van der Waals surface area contributed by atoms with Crippen LogP contribution in [0.2, 0.25) is 5.02 Å². The lowest BCUT2D eigenvalue weighted by atomic mass is 10.1. The highest BCUT2D eigenvalue weighted by atomic mass is 35.5. The van der Waals surface area contributed by atoms with Crippen LogP contribution in [0.25, 0.3) is 6.08 Å². The number of nitrogens with zero attached hydrogens (tertiary/aromatic N) is 3. The van der Waals surface area contributed by atoms with E-state index in [1.54, 1.807) is 30.3 Å². The van der Waals surface area contributed by atoms with E-state index in [-0.39, 0.29) is 11.4 Å². The number of rotatable bonds is 3. The van der Waals surface area contributed by atoms with Crippen molar-refractivity contribution in [3.05, 3.63) is 76.3 Å². The van der Waals surface area contributed by atoms with Crippen LogP contribution >= 0.6 is 23.4 Å². The summed E-state index contributed by atoms with van der Waals surface area (Å²) >= 11 is 7.21. The lowest BCUT2D eigenvalue weighted by Gasteiger charge is -2.20. The molecule has 0 bridgehead atoms. The van der Waals surface area contributed by atoms with E-state index in [4.69, 9.17) is 17.0 Å². The summed E-state index contributed by atoms with van der Waals surface area (Å²) in [6, 6.07) is 17.0. The Bertz CT molecular complexity index is 980. The van der Waals surface area contributed by atoms with Crippen molar-refractivity contribution in [3.63, 3.8) is 0 Å². The largest absolute Gasteiger partial charge is 0.283 e. The summed E-state index contributed by atoms with van der Waals surface area (Å²) in [5.74, 6) is -0.398. The van der Waals surface area contributed by atoms with Crippen molar-refractivity contribution >= 4 is 51.4 Å². The molecule has 0 aliphatic carbocycles. The first-order chi connectivity index (χ1) is 12.6. The molecule has 0 aromatic heterocycles. The van der Waals surface area contributed by atoms with Gasteiger partial charge in [0.2, 0.25) is 5.17 Å². The second-order valence-corrected chi connectivity index (χ2v) is 7.20. The molecule has 0 unspecified atom stereocenters. The van der Waals surface area contributed by atoms with Crippen LogP contribution in [0.1, 0.15) is 11.1 Å². The van der Waals surface area contributed by atoms with Crippen molar-refractivity contribution in [2.24, 2.45) is 10.1 Å². The zero-order valence-corrected chi connectivity index (χ0v) is 15.1. The molecule has 2 aromatic rings. The van der Waals surface area contributed by atoms with Crippen molar-refractivity contribution < 1.29 is 4.79 Å². The first kappa shape index (κ1) is 16.8. The minimum atomic E-state index is -0.431. The molecule has 2 heterocycles. The second kappa shape index (κ2) is 6.90. The van der Waals surface area contributed by atoms with Crippen LogP contribution in [-0.4, -0.2) is 27.0 Å². The van der Waals surface area contributed by atoms with Gasteiger partial charge in [0.1, 0.15) is 5.04 Å². The number of amides is 1.